The molecule has 0 heterocycles. The standard InChI is InChI=1S/C28H26O3/c29-25-15-11-23(12-16-25)27(21-7-3-1-4-8-21)19-31-20-28(22-9-5-2-6-10-22)24-13-17-26(30)18-14-24/h1-18,27-30H,19-20H2. The van der Waals surface area contributed by atoms with Crippen molar-refractivity contribution in [1.29, 1.82) is 0 Å². The van der Waals surface area contributed by atoms with Crippen molar-refractivity contribution in [2.24, 2.45) is 0 Å². The zero-order chi connectivity index (χ0) is 21.5. The molecule has 2 N–H and O–H groups in total. The Bertz CT molecular complexity index is 970. The molecule has 0 spiro atoms. The lowest BCUT2D eigenvalue weighted by Crippen LogP contribution is -2.15. The fourth-order valence-electron chi connectivity index (χ4n) is 3.86. The summed E-state index contributed by atoms with van der Waals surface area (Å²) < 4.78 is 6.31. The lowest BCUT2D eigenvalue weighted by atomic mass is 9.91. The molecule has 0 aliphatic heterocycles. The van der Waals surface area contributed by atoms with Crippen LogP contribution in [-0.4, -0.2) is 23.4 Å². The van der Waals surface area contributed by atoms with Crippen molar-refractivity contribution in [2.45, 2.75) is 11.8 Å². The van der Waals surface area contributed by atoms with Gasteiger partial charge < -0.3 is 14.9 Å². The number of hydrogen-bond acceptors (Lipinski definition) is 3. The van der Waals surface area contributed by atoms with Gasteiger partial charge in [0.05, 0.1) is 13.2 Å². The molecule has 156 valence electrons. The summed E-state index contributed by atoms with van der Waals surface area (Å²) in [5.74, 6) is 0.650. The monoisotopic (exact) mass is 410 g/mol. The van der Waals surface area contributed by atoms with E-state index in [0.29, 0.717) is 13.2 Å². The van der Waals surface area contributed by atoms with E-state index in [1.54, 1.807) is 24.3 Å². The van der Waals surface area contributed by atoms with Gasteiger partial charge in [-0.3, -0.25) is 0 Å². The second-order valence-corrected chi connectivity index (χ2v) is 7.65. The molecule has 2 atom stereocenters. The average molecular weight is 411 g/mol. The quantitative estimate of drug-likeness (QED) is 0.370. The summed E-state index contributed by atoms with van der Waals surface area (Å²) in [5.41, 5.74) is 4.55. The lowest BCUT2D eigenvalue weighted by Gasteiger charge is -2.22. The van der Waals surface area contributed by atoms with E-state index in [1.807, 2.05) is 60.7 Å². The van der Waals surface area contributed by atoms with Crippen LogP contribution in [-0.2, 0) is 4.74 Å². The Morgan fingerprint density at radius 3 is 1.13 bits per heavy atom. The van der Waals surface area contributed by atoms with E-state index in [9.17, 15) is 10.2 Å². The van der Waals surface area contributed by atoms with E-state index in [1.165, 1.54) is 11.1 Å². The molecule has 0 radical (unpaired) electrons. The van der Waals surface area contributed by atoms with E-state index < -0.39 is 0 Å². The highest BCUT2D eigenvalue weighted by Gasteiger charge is 2.18. The lowest BCUT2D eigenvalue weighted by molar-refractivity contribution is 0.121. The first kappa shape index (κ1) is 20.7. The second kappa shape index (κ2) is 9.96. The van der Waals surface area contributed by atoms with Crippen molar-refractivity contribution in [2.75, 3.05) is 13.2 Å². The van der Waals surface area contributed by atoms with Crippen molar-refractivity contribution in [1.82, 2.24) is 0 Å². The number of phenolic OH excluding ortho intramolecular Hbond substituents is 2. The fraction of sp³-hybridized carbons (Fsp3) is 0.143. The maximum atomic E-state index is 9.68. The highest BCUT2D eigenvalue weighted by molar-refractivity contribution is 5.37. The van der Waals surface area contributed by atoms with Gasteiger partial charge in [-0.05, 0) is 46.5 Å². The van der Waals surface area contributed by atoms with Gasteiger partial charge in [-0.2, -0.15) is 0 Å². The molecule has 4 aromatic rings. The highest BCUT2D eigenvalue weighted by Crippen LogP contribution is 2.29. The summed E-state index contributed by atoms with van der Waals surface area (Å²) in [5, 5.41) is 19.4. The molecule has 0 bridgehead atoms. The summed E-state index contributed by atoms with van der Waals surface area (Å²) in [6, 6.07) is 35.2. The zero-order valence-electron chi connectivity index (χ0n) is 17.3. The highest BCUT2D eigenvalue weighted by atomic mass is 16.5. The average Bonchev–Trinajstić information content (AvgIpc) is 2.82. The van der Waals surface area contributed by atoms with Gasteiger partial charge in [0, 0.05) is 11.8 Å². The number of hydrogen-bond donors (Lipinski definition) is 2. The van der Waals surface area contributed by atoms with Crippen LogP contribution in [0.3, 0.4) is 0 Å². The molecule has 0 fully saturated rings. The predicted molar refractivity (Wildman–Crippen MR) is 124 cm³/mol. The van der Waals surface area contributed by atoms with Gasteiger partial charge in [0.1, 0.15) is 11.5 Å². The van der Waals surface area contributed by atoms with Crippen LogP contribution in [0.2, 0.25) is 0 Å². The topological polar surface area (TPSA) is 49.7 Å². The molecule has 0 saturated carbocycles. The van der Waals surface area contributed by atoms with Crippen LogP contribution in [0.4, 0.5) is 0 Å². The van der Waals surface area contributed by atoms with Gasteiger partial charge >= 0.3 is 0 Å². The third-order valence-electron chi connectivity index (χ3n) is 5.56. The Kier molecular flexibility index (Phi) is 6.65. The summed E-state index contributed by atoms with van der Waals surface area (Å²) in [7, 11) is 0. The molecule has 0 aliphatic rings. The van der Waals surface area contributed by atoms with Crippen molar-refractivity contribution in [3.63, 3.8) is 0 Å². The summed E-state index contributed by atoms with van der Waals surface area (Å²) in [4.78, 5) is 0. The van der Waals surface area contributed by atoms with Gasteiger partial charge in [-0.1, -0.05) is 84.9 Å². The molecule has 0 saturated heterocycles. The van der Waals surface area contributed by atoms with Gasteiger partial charge in [0.15, 0.2) is 0 Å². The Morgan fingerprint density at radius 2 is 0.774 bits per heavy atom. The molecule has 0 aliphatic carbocycles. The first-order chi connectivity index (χ1) is 15.2. The Hall–Kier alpha value is -3.56. The van der Waals surface area contributed by atoms with Crippen LogP contribution in [0.15, 0.2) is 109 Å². The molecule has 3 nitrogen and oxygen atoms in total. The number of aromatic hydroxyl groups is 2. The normalized spacial score (nSPS) is 12.9. The van der Waals surface area contributed by atoms with Crippen molar-refractivity contribution in [3.8, 4) is 11.5 Å². The van der Waals surface area contributed by atoms with Gasteiger partial charge in [0.2, 0.25) is 0 Å². The number of rotatable bonds is 8. The molecular formula is C28H26O3. The van der Waals surface area contributed by atoms with Crippen LogP contribution in [0, 0.1) is 0 Å². The Balaban J connectivity index is 1.55. The van der Waals surface area contributed by atoms with Crippen molar-refractivity contribution >= 4 is 0 Å². The van der Waals surface area contributed by atoms with E-state index in [0.717, 1.165) is 11.1 Å². The molecule has 2 unspecified atom stereocenters. The molecule has 31 heavy (non-hydrogen) atoms. The summed E-state index contributed by atoms with van der Waals surface area (Å²) in [6.45, 7) is 1.05. The predicted octanol–water partition coefficient (Wildman–Crippen LogP) is 6.08. The molecule has 0 aromatic heterocycles. The zero-order valence-corrected chi connectivity index (χ0v) is 17.3. The van der Waals surface area contributed by atoms with E-state index >= 15 is 0 Å². The molecule has 3 heteroatoms. The second-order valence-electron chi connectivity index (χ2n) is 7.65. The smallest absolute Gasteiger partial charge is 0.115 e. The van der Waals surface area contributed by atoms with Crippen LogP contribution < -0.4 is 0 Å². The summed E-state index contributed by atoms with van der Waals surface area (Å²) in [6.07, 6.45) is 0. The number of phenols is 2. The van der Waals surface area contributed by atoms with E-state index in [2.05, 4.69) is 24.3 Å². The summed E-state index contributed by atoms with van der Waals surface area (Å²) >= 11 is 0. The first-order valence-corrected chi connectivity index (χ1v) is 10.5. The minimum Gasteiger partial charge on any atom is -0.508 e. The largest absolute Gasteiger partial charge is 0.508 e. The third-order valence-corrected chi connectivity index (χ3v) is 5.56. The van der Waals surface area contributed by atoms with Crippen LogP contribution >= 0.6 is 0 Å². The van der Waals surface area contributed by atoms with Crippen LogP contribution in [0.5, 0.6) is 11.5 Å². The Labute approximate surface area is 183 Å². The molecule has 0 amide bonds. The maximum Gasteiger partial charge on any atom is 0.115 e. The van der Waals surface area contributed by atoms with E-state index in [-0.39, 0.29) is 23.3 Å². The third kappa shape index (κ3) is 5.33. The first-order valence-electron chi connectivity index (χ1n) is 10.5. The number of benzene rings is 4. The molecule has 4 rings (SSSR count). The SMILES string of the molecule is Oc1ccc(C(COCC(c2ccccc2)c2ccc(O)cc2)c2ccccc2)cc1. The minimum atomic E-state index is 0.0676. The van der Waals surface area contributed by atoms with Crippen molar-refractivity contribution < 1.29 is 14.9 Å². The van der Waals surface area contributed by atoms with Crippen LogP contribution in [0.1, 0.15) is 34.1 Å². The molecule has 4 aromatic carbocycles. The minimum absolute atomic E-state index is 0.0676. The van der Waals surface area contributed by atoms with E-state index in [4.69, 9.17) is 4.74 Å². The van der Waals surface area contributed by atoms with Crippen LogP contribution in [0.25, 0.3) is 0 Å². The molecular weight excluding hydrogens is 384 g/mol. The van der Waals surface area contributed by atoms with Crippen molar-refractivity contribution in [3.05, 3.63) is 131 Å². The Morgan fingerprint density at radius 1 is 0.452 bits per heavy atom. The fourth-order valence-corrected chi connectivity index (χ4v) is 3.86. The van der Waals surface area contributed by atoms with Gasteiger partial charge in [0.25, 0.3) is 0 Å². The van der Waals surface area contributed by atoms with Gasteiger partial charge in [-0.15, -0.1) is 0 Å². The maximum absolute atomic E-state index is 9.68. The number of ether oxygens (including phenoxy) is 1. The van der Waals surface area contributed by atoms with Gasteiger partial charge in [-0.25, -0.2) is 0 Å².